The Hall–Kier alpha value is -2.11. The zero-order valence-electron chi connectivity index (χ0n) is 10.9. The molecule has 96 valence electrons. The van der Waals surface area contributed by atoms with Crippen molar-refractivity contribution < 1.29 is 0 Å². The first-order valence-electron chi connectivity index (χ1n) is 5.97. The number of aromatic amines is 1. The Labute approximate surface area is 106 Å². The predicted octanol–water partition coefficient (Wildman–Crippen LogP) is 1.83. The predicted molar refractivity (Wildman–Crippen MR) is 71.6 cm³/mol. The minimum Gasteiger partial charge on any atom is -0.360 e. The molecule has 0 aliphatic heterocycles. The molecule has 1 atom stereocenters. The molecular formula is C12H18N6. The van der Waals surface area contributed by atoms with E-state index in [1.54, 1.807) is 12.4 Å². The molecule has 0 bridgehead atoms. The van der Waals surface area contributed by atoms with Crippen molar-refractivity contribution in [3.8, 4) is 0 Å². The third-order valence-corrected chi connectivity index (χ3v) is 2.62. The summed E-state index contributed by atoms with van der Waals surface area (Å²) in [5.41, 5.74) is 0. The monoisotopic (exact) mass is 246 g/mol. The fourth-order valence-electron chi connectivity index (χ4n) is 1.65. The average Bonchev–Trinajstić information content (AvgIpc) is 2.90. The lowest BCUT2D eigenvalue weighted by molar-refractivity contribution is 0.699. The normalized spacial score (nSPS) is 12.2. The fourth-order valence-corrected chi connectivity index (χ4v) is 1.65. The summed E-state index contributed by atoms with van der Waals surface area (Å²) < 4.78 is 0. The van der Waals surface area contributed by atoms with Crippen molar-refractivity contribution in [2.24, 2.45) is 0 Å². The number of imidazole rings is 1. The smallest absolute Gasteiger partial charge is 0.226 e. The number of nitrogens with one attached hydrogen (secondary N) is 2. The second-order valence-electron chi connectivity index (χ2n) is 4.22. The number of anilines is 2. The number of hydrogen-bond donors (Lipinski definition) is 2. The van der Waals surface area contributed by atoms with E-state index >= 15 is 0 Å². The van der Waals surface area contributed by atoms with E-state index in [-0.39, 0.29) is 6.04 Å². The first-order valence-corrected chi connectivity index (χ1v) is 5.97. The van der Waals surface area contributed by atoms with Gasteiger partial charge in [0.1, 0.15) is 11.6 Å². The molecule has 2 N–H and O–H groups in total. The Morgan fingerprint density at radius 1 is 1.33 bits per heavy atom. The lowest BCUT2D eigenvalue weighted by Crippen LogP contribution is -2.16. The van der Waals surface area contributed by atoms with Crippen LogP contribution < -0.4 is 10.2 Å². The standard InChI is InChI=1S/C12H18N6/c1-4-9(11-13-7-8-14-11)16-10-5-6-15-12(17-10)18(2)3/h5-9H,4H2,1-3H3,(H,13,14)(H,15,16,17). The van der Waals surface area contributed by atoms with Gasteiger partial charge in [-0.2, -0.15) is 4.98 Å². The van der Waals surface area contributed by atoms with Gasteiger partial charge >= 0.3 is 0 Å². The van der Waals surface area contributed by atoms with E-state index in [1.807, 2.05) is 31.3 Å². The maximum absolute atomic E-state index is 4.43. The molecule has 0 radical (unpaired) electrons. The molecule has 0 aliphatic carbocycles. The number of aromatic nitrogens is 4. The summed E-state index contributed by atoms with van der Waals surface area (Å²) in [6, 6.07) is 1.99. The molecule has 2 aromatic rings. The van der Waals surface area contributed by atoms with Crippen LogP contribution in [0.2, 0.25) is 0 Å². The van der Waals surface area contributed by atoms with Crippen LogP contribution in [0.3, 0.4) is 0 Å². The van der Waals surface area contributed by atoms with Gasteiger partial charge in [-0.3, -0.25) is 0 Å². The van der Waals surface area contributed by atoms with Crippen LogP contribution >= 0.6 is 0 Å². The van der Waals surface area contributed by atoms with Gasteiger partial charge in [0.05, 0.1) is 6.04 Å². The molecular weight excluding hydrogens is 228 g/mol. The lowest BCUT2D eigenvalue weighted by atomic mass is 10.2. The average molecular weight is 246 g/mol. The molecule has 2 rings (SSSR count). The van der Waals surface area contributed by atoms with Crippen LogP contribution in [0.15, 0.2) is 24.7 Å². The molecule has 0 amide bonds. The van der Waals surface area contributed by atoms with Gasteiger partial charge < -0.3 is 15.2 Å². The van der Waals surface area contributed by atoms with E-state index in [0.717, 1.165) is 18.1 Å². The second-order valence-corrected chi connectivity index (χ2v) is 4.22. The van der Waals surface area contributed by atoms with Crippen LogP contribution in [-0.4, -0.2) is 34.0 Å². The van der Waals surface area contributed by atoms with Gasteiger partial charge in [0.15, 0.2) is 0 Å². The maximum atomic E-state index is 4.43. The van der Waals surface area contributed by atoms with E-state index in [2.05, 4.69) is 32.2 Å². The Bertz CT molecular complexity index is 479. The summed E-state index contributed by atoms with van der Waals surface area (Å²) >= 11 is 0. The minimum absolute atomic E-state index is 0.130. The molecule has 0 fully saturated rings. The van der Waals surface area contributed by atoms with Crippen molar-refractivity contribution in [2.45, 2.75) is 19.4 Å². The summed E-state index contributed by atoms with van der Waals surface area (Å²) in [6.07, 6.45) is 6.25. The van der Waals surface area contributed by atoms with Crippen LogP contribution in [-0.2, 0) is 0 Å². The van der Waals surface area contributed by atoms with Gasteiger partial charge in [-0.1, -0.05) is 6.92 Å². The summed E-state index contributed by atoms with van der Waals surface area (Å²) in [5, 5.41) is 3.35. The number of nitrogens with zero attached hydrogens (tertiary/aromatic N) is 4. The Morgan fingerprint density at radius 3 is 2.78 bits per heavy atom. The van der Waals surface area contributed by atoms with Gasteiger partial charge in [-0.25, -0.2) is 9.97 Å². The Balaban J connectivity index is 2.15. The van der Waals surface area contributed by atoms with E-state index in [4.69, 9.17) is 0 Å². The molecule has 1 unspecified atom stereocenters. The van der Waals surface area contributed by atoms with Crippen molar-refractivity contribution in [2.75, 3.05) is 24.3 Å². The highest BCUT2D eigenvalue weighted by Crippen LogP contribution is 2.18. The van der Waals surface area contributed by atoms with Crippen molar-refractivity contribution in [1.29, 1.82) is 0 Å². The number of H-pyrrole nitrogens is 1. The SMILES string of the molecule is CCC(Nc1ccnc(N(C)C)n1)c1ncc[nH]1. The van der Waals surface area contributed by atoms with Crippen LogP contribution in [0, 0.1) is 0 Å². The molecule has 0 aromatic carbocycles. The van der Waals surface area contributed by atoms with Gasteiger partial charge in [0.2, 0.25) is 5.95 Å². The minimum atomic E-state index is 0.130. The van der Waals surface area contributed by atoms with Crippen molar-refractivity contribution in [3.63, 3.8) is 0 Å². The quantitative estimate of drug-likeness (QED) is 0.842. The maximum Gasteiger partial charge on any atom is 0.226 e. The van der Waals surface area contributed by atoms with E-state index in [1.165, 1.54) is 0 Å². The highest BCUT2D eigenvalue weighted by atomic mass is 15.2. The second kappa shape index (κ2) is 5.48. The van der Waals surface area contributed by atoms with E-state index in [9.17, 15) is 0 Å². The Morgan fingerprint density at radius 2 is 2.17 bits per heavy atom. The molecule has 0 spiro atoms. The largest absolute Gasteiger partial charge is 0.360 e. The zero-order valence-corrected chi connectivity index (χ0v) is 10.9. The van der Waals surface area contributed by atoms with E-state index < -0.39 is 0 Å². The van der Waals surface area contributed by atoms with Crippen LogP contribution in [0.25, 0.3) is 0 Å². The van der Waals surface area contributed by atoms with Crippen LogP contribution in [0.1, 0.15) is 25.2 Å². The highest BCUT2D eigenvalue weighted by Gasteiger charge is 2.12. The first kappa shape index (κ1) is 12.3. The Kier molecular flexibility index (Phi) is 3.76. The van der Waals surface area contributed by atoms with Gasteiger partial charge in [-0.15, -0.1) is 0 Å². The molecule has 2 heterocycles. The first-order chi connectivity index (χ1) is 8.70. The van der Waals surface area contributed by atoms with Crippen molar-refractivity contribution in [3.05, 3.63) is 30.5 Å². The molecule has 6 heteroatoms. The molecule has 0 aliphatic rings. The van der Waals surface area contributed by atoms with Gasteiger partial charge in [-0.05, 0) is 12.5 Å². The fraction of sp³-hybridized carbons (Fsp3) is 0.417. The zero-order chi connectivity index (χ0) is 13.0. The van der Waals surface area contributed by atoms with Crippen molar-refractivity contribution in [1.82, 2.24) is 19.9 Å². The molecule has 0 saturated carbocycles. The van der Waals surface area contributed by atoms with Gasteiger partial charge in [0, 0.05) is 32.7 Å². The number of hydrogen-bond acceptors (Lipinski definition) is 5. The lowest BCUT2D eigenvalue weighted by Gasteiger charge is -2.17. The van der Waals surface area contributed by atoms with E-state index in [0.29, 0.717) is 5.95 Å². The van der Waals surface area contributed by atoms with Crippen LogP contribution in [0.5, 0.6) is 0 Å². The highest BCUT2D eigenvalue weighted by molar-refractivity contribution is 5.41. The molecule has 18 heavy (non-hydrogen) atoms. The van der Waals surface area contributed by atoms with Gasteiger partial charge in [0.25, 0.3) is 0 Å². The van der Waals surface area contributed by atoms with Crippen LogP contribution in [0.4, 0.5) is 11.8 Å². The topological polar surface area (TPSA) is 69.7 Å². The summed E-state index contributed by atoms with van der Waals surface area (Å²) in [4.78, 5) is 17.9. The molecule has 6 nitrogen and oxygen atoms in total. The van der Waals surface area contributed by atoms with Crippen molar-refractivity contribution >= 4 is 11.8 Å². The third-order valence-electron chi connectivity index (χ3n) is 2.62. The summed E-state index contributed by atoms with van der Waals surface area (Å²) in [5.74, 6) is 2.41. The summed E-state index contributed by atoms with van der Waals surface area (Å²) in [6.45, 7) is 2.11. The summed E-state index contributed by atoms with van der Waals surface area (Å²) in [7, 11) is 3.84. The third kappa shape index (κ3) is 2.77. The number of rotatable bonds is 5. The molecule has 2 aromatic heterocycles. The molecule has 0 saturated heterocycles.